The number of hydrogen-bond donors (Lipinski definition) is 3. The number of benzene rings is 2. The summed E-state index contributed by atoms with van der Waals surface area (Å²) in [6.07, 6.45) is 4.62. The van der Waals surface area contributed by atoms with Gasteiger partial charge in [-0.3, -0.25) is 0 Å². The lowest BCUT2D eigenvalue weighted by Crippen LogP contribution is -2.66. The van der Waals surface area contributed by atoms with Crippen molar-refractivity contribution < 1.29 is 19.1 Å². The normalized spacial score (nSPS) is 13.7. The fourth-order valence-corrected chi connectivity index (χ4v) is 9.82. The Balaban J connectivity index is 1.68. The Morgan fingerprint density at radius 1 is 1.13 bits per heavy atom. The molecule has 0 radical (unpaired) electrons. The number of amides is 1. The average Bonchev–Trinajstić information content (AvgIpc) is 3.43. The van der Waals surface area contributed by atoms with Crippen LogP contribution < -0.4 is 21.4 Å². The molecule has 208 valence electrons. The lowest BCUT2D eigenvalue weighted by molar-refractivity contribution is 0.0996. The quantitative estimate of drug-likeness (QED) is 0.206. The van der Waals surface area contributed by atoms with Crippen molar-refractivity contribution in [3.8, 4) is 0 Å². The first-order chi connectivity index (χ1) is 18.7. The standard InChI is InChI=1S/C30H39N3O4SSi/c1-5-6-7-14-19-36-29(35)32-20-25(31)28-33-26(22-38-28)27(34)21-37-39(30(2,3)4,23-15-10-8-11-16-23)24-17-12-9-13-18-24/h5,7-18,22,25,27,34H,1,6,19-21,31H2,2-4H3,(H,32,35). The van der Waals surface area contributed by atoms with Gasteiger partial charge in [0.15, 0.2) is 0 Å². The van der Waals surface area contributed by atoms with Crippen LogP contribution in [0.1, 0.15) is 50.0 Å². The minimum Gasteiger partial charge on any atom is -0.445 e. The molecule has 0 aliphatic rings. The lowest BCUT2D eigenvalue weighted by Gasteiger charge is -2.43. The van der Waals surface area contributed by atoms with Gasteiger partial charge in [-0.05, 0) is 21.8 Å². The highest BCUT2D eigenvalue weighted by Crippen LogP contribution is 2.37. The molecule has 2 aromatic carbocycles. The number of nitrogens with zero attached hydrogens (tertiary/aromatic N) is 1. The molecule has 0 bridgehead atoms. The van der Waals surface area contributed by atoms with Gasteiger partial charge in [0, 0.05) is 11.9 Å². The Bertz CT molecular complexity index is 1170. The van der Waals surface area contributed by atoms with E-state index in [1.807, 2.05) is 42.5 Å². The number of aliphatic hydroxyl groups excluding tert-OH is 1. The molecule has 0 aliphatic carbocycles. The molecule has 4 N–H and O–H groups in total. The zero-order chi connectivity index (χ0) is 28.3. The van der Waals surface area contributed by atoms with Crippen molar-refractivity contribution >= 4 is 36.1 Å². The minimum absolute atomic E-state index is 0.0929. The number of nitrogens with two attached hydrogens (primary N) is 1. The molecule has 9 heteroatoms. The van der Waals surface area contributed by atoms with E-state index < -0.39 is 26.6 Å². The van der Waals surface area contributed by atoms with Crippen molar-refractivity contribution in [3.63, 3.8) is 0 Å². The van der Waals surface area contributed by atoms with Gasteiger partial charge in [0.2, 0.25) is 0 Å². The number of thiazole rings is 1. The first-order valence-corrected chi connectivity index (χ1v) is 15.8. The third-order valence-electron chi connectivity index (χ3n) is 6.32. The van der Waals surface area contributed by atoms with Crippen molar-refractivity contribution in [3.05, 3.63) is 102 Å². The summed E-state index contributed by atoms with van der Waals surface area (Å²) in [5, 5.41) is 18.3. The summed E-state index contributed by atoms with van der Waals surface area (Å²) in [7, 11) is -2.78. The predicted octanol–water partition coefficient (Wildman–Crippen LogP) is 4.61. The third kappa shape index (κ3) is 7.97. The van der Waals surface area contributed by atoms with Gasteiger partial charge >= 0.3 is 6.09 Å². The molecule has 39 heavy (non-hydrogen) atoms. The van der Waals surface area contributed by atoms with Gasteiger partial charge in [-0.1, -0.05) is 99.7 Å². The number of nitrogens with one attached hydrogen (secondary N) is 1. The van der Waals surface area contributed by atoms with Gasteiger partial charge in [-0.25, -0.2) is 9.78 Å². The molecular formula is C30H39N3O4SSi. The van der Waals surface area contributed by atoms with Gasteiger partial charge in [0.25, 0.3) is 8.32 Å². The topological polar surface area (TPSA) is 107 Å². The van der Waals surface area contributed by atoms with Crippen molar-refractivity contribution in [1.29, 1.82) is 0 Å². The fraction of sp³-hybridized carbons (Fsp3) is 0.333. The number of aliphatic hydroxyl groups is 1. The molecule has 3 rings (SSSR count). The number of rotatable bonds is 13. The fourth-order valence-electron chi connectivity index (χ4n) is 4.39. The van der Waals surface area contributed by atoms with Crippen LogP contribution in [0.4, 0.5) is 4.79 Å². The van der Waals surface area contributed by atoms with Crippen LogP contribution in [0.15, 0.2) is 90.9 Å². The number of allylic oxidation sites excluding steroid dienone is 2. The second-order valence-corrected chi connectivity index (χ2v) is 15.4. The van der Waals surface area contributed by atoms with E-state index in [9.17, 15) is 9.90 Å². The number of ether oxygens (including phenoxy) is 1. The van der Waals surface area contributed by atoms with E-state index in [1.165, 1.54) is 11.3 Å². The van der Waals surface area contributed by atoms with Crippen LogP contribution in [0, 0.1) is 0 Å². The maximum Gasteiger partial charge on any atom is 0.407 e. The maximum absolute atomic E-state index is 11.9. The summed E-state index contributed by atoms with van der Waals surface area (Å²) >= 11 is 1.34. The molecule has 0 saturated heterocycles. The van der Waals surface area contributed by atoms with Crippen molar-refractivity contribution in [2.45, 2.75) is 44.4 Å². The Hall–Kier alpha value is -3.08. The first-order valence-electron chi connectivity index (χ1n) is 13.0. The molecular weight excluding hydrogens is 527 g/mol. The van der Waals surface area contributed by atoms with Crippen LogP contribution in [0.25, 0.3) is 0 Å². The molecule has 0 fully saturated rings. The SMILES string of the molecule is C=CCC=CCOC(=O)NCC(N)c1nc(C(O)CO[Si](c2ccccc2)(c2ccccc2)C(C)(C)C)cs1. The van der Waals surface area contributed by atoms with E-state index in [1.54, 1.807) is 17.5 Å². The van der Waals surface area contributed by atoms with Gasteiger partial charge in [0.1, 0.15) is 17.7 Å². The Morgan fingerprint density at radius 3 is 2.31 bits per heavy atom. The minimum atomic E-state index is -2.78. The summed E-state index contributed by atoms with van der Waals surface area (Å²) in [5.74, 6) is 0. The van der Waals surface area contributed by atoms with Crippen LogP contribution in [0.3, 0.4) is 0 Å². The molecule has 3 aromatic rings. The van der Waals surface area contributed by atoms with E-state index in [4.69, 9.17) is 14.9 Å². The van der Waals surface area contributed by atoms with Crippen LogP contribution >= 0.6 is 11.3 Å². The van der Waals surface area contributed by atoms with Gasteiger partial charge < -0.3 is 25.3 Å². The van der Waals surface area contributed by atoms with E-state index in [0.717, 1.165) is 16.8 Å². The molecule has 1 amide bonds. The number of alkyl carbamates (subject to hydrolysis) is 1. The molecule has 2 atom stereocenters. The van der Waals surface area contributed by atoms with Crippen molar-refractivity contribution in [1.82, 2.24) is 10.3 Å². The van der Waals surface area contributed by atoms with E-state index in [-0.39, 0.29) is 24.8 Å². The number of carbonyl (C=O) groups excluding carboxylic acids is 1. The largest absolute Gasteiger partial charge is 0.445 e. The highest BCUT2D eigenvalue weighted by Gasteiger charge is 2.50. The third-order valence-corrected chi connectivity index (χ3v) is 12.3. The highest BCUT2D eigenvalue weighted by atomic mass is 32.1. The number of aromatic nitrogens is 1. The molecule has 7 nitrogen and oxygen atoms in total. The smallest absolute Gasteiger partial charge is 0.407 e. The molecule has 0 spiro atoms. The summed E-state index contributed by atoms with van der Waals surface area (Å²) in [4.78, 5) is 16.5. The Labute approximate surface area is 236 Å². The lowest BCUT2D eigenvalue weighted by atomic mass is 10.2. The summed E-state index contributed by atoms with van der Waals surface area (Å²) in [6, 6.07) is 20.1. The second-order valence-electron chi connectivity index (χ2n) is 10.2. The average molecular weight is 566 g/mol. The summed E-state index contributed by atoms with van der Waals surface area (Å²) in [5.41, 5.74) is 6.75. The molecule has 0 aliphatic heterocycles. The van der Waals surface area contributed by atoms with Crippen LogP contribution in [-0.4, -0.2) is 44.3 Å². The van der Waals surface area contributed by atoms with Crippen LogP contribution in [-0.2, 0) is 9.16 Å². The summed E-state index contributed by atoms with van der Waals surface area (Å²) in [6.45, 7) is 10.6. The zero-order valence-electron chi connectivity index (χ0n) is 22.9. The number of carbonyl (C=O) groups is 1. The van der Waals surface area contributed by atoms with Crippen LogP contribution in [0.2, 0.25) is 5.04 Å². The predicted molar refractivity (Wildman–Crippen MR) is 161 cm³/mol. The van der Waals surface area contributed by atoms with Crippen LogP contribution in [0.5, 0.6) is 0 Å². The molecule has 1 heterocycles. The molecule has 2 unspecified atom stereocenters. The molecule has 1 aromatic heterocycles. The van der Waals surface area contributed by atoms with E-state index >= 15 is 0 Å². The highest BCUT2D eigenvalue weighted by molar-refractivity contribution is 7.09. The van der Waals surface area contributed by atoms with E-state index in [2.05, 4.69) is 61.9 Å². The first kappa shape index (κ1) is 30.5. The zero-order valence-corrected chi connectivity index (χ0v) is 24.7. The van der Waals surface area contributed by atoms with E-state index in [0.29, 0.717) is 10.7 Å². The van der Waals surface area contributed by atoms with Crippen molar-refractivity contribution in [2.75, 3.05) is 19.8 Å². The van der Waals surface area contributed by atoms with Gasteiger partial charge in [-0.2, -0.15) is 0 Å². The van der Waals surface area contributed by atoms with Gasteiger partial charge in [-0.15, -0.1) is 17.9 Å². The Kier molecular flexibility index (Phi) is 11.2. The van der Waals surface area contributed by atoms with Gasteiger partial charge in [0.05, 0.1) is 18.3 Å². The van der Waals surface area contributed by atoms with Crippen molar-refractivity contribution in [2.24, 2.45) is 5.73 Å². The monoisotopic (exact) mass is 565 g/mol. The summed E-state index contributed by atoms with van der Waals surface area (Å²) < 4.78 is 11.9. The maximum atomic E-state index is 11.9. The molecule has 0 saturated carbocycles. The Morgan fingerprint density at radius 2 is 1.74 bits per heavy atom. The second kappa shape index (κ2) is 14.3. The number of hydrogen-bond acceptors (Lipinski definition) is 7.